The van der Waals surface area contributed by atoms with Crippen LogP contribution in [0.5, 0.6) is 0 Å². The van der Waals surface area contributed by atoms with Gasteiger partial charge in [-0.1, -0.05) is 159 Å². The van der Waals surface area contributed by atoms with E-state index in [0.29, 0.717) is 6.54 Å². The summed E-state index contributed by atoms with van der Waals surface area (Å²) in [6, 6.07) is 58.2. The Morgan fingerprint density at radius 3 is 1.95 bits per heavy atom. The molecule has 1 aliphatic carbocycles. The van der Waals surface area contributed by atoms with Gasteiger partial charge in [-0.15, -0.1) is 0 Å². The summed E-state index contributed by atoms with van der Waals surface area (Å²) in [6.07, 6.45) is 8.19. The molecule has 2 heterocycles. The van der Waals surface area contributed by atoms with Gasteiger partial charge in [-0.3, -0.25) is 0 Å². The summed E-state index contributed by atoms with van der Waals surface area (Å²) in [5.41, 5.74) is 27.6. The van der Waals surface area contributed by atoms with Crippen LogP contribution in [0.4, 0.5) is 5.69 Å². The van der Waals surface area contributed by atoms with Crippen LogP contribution in [0.25, 0.3) is 33.3 Å². The van der Waals surface area contributed by atoms with Crippen molar-refractivity contribution in [1.82, 2.24) is 9.88 Å². The van der Waals surface area contributed by atoms with E-state index in [4.69, 9.17) is 5.73 Å². The Balaban J connectivity index is 0.00000120. The highest BCUT2D eigenvalue weighted by Crippen LogP contribution is 2.44. The Kier molecular flexibility index (Phi) is 12.6. The average Bonchev–Trinajstić information content (AvgIpc) is 3.61. The van der Waals surface area contributed by atoms with Crippen LogP contribution in [-0.2, 0) is 6.42 Å². The summed E-state index contributed by atoms with van der Waals surface area (Å²) in [6.45, 7) is 4.62. The molecule has 6 N–H and O–H groups in total. The first kappa shape index (κ1) is 38.9. The lowest BCUT2D eigenvalue weighted by Gasteiger charge is -2.30. The van der Waals surface area contributed by atoms with Crippen molar-refractivity contribution >= 4 is 22.2 Å². The van der Waals surface area contributed by atoms with E-state index in [9.17, 15) is 0 Å². The number of anilines is 1. The molecule has 1 aliphatic heterocycles. The van der Waals surface area contributed by atoms with Gasteiger partial charge in [-0.05, 0) is 83.6 Å². The lowest BCUT2D eigenvalue weighted by Crippen LogP contribution is -2.36. The molecule has 0 spiro atoms. The number of fused-ring (bicyclic) bond motifs is 6. The van der Waals surface area contributed by atoms with Crippen molar-refractivity contribution in [1.29, 1.82) is 0 Å². The summed E-state index contributed by atoms with van der Waals surface area (Å²) in [7, 11) is 1.50. The van der Waals surface area contributed by atoms with Crippen molar-refractivity contribution in [3.05, 3.63) is 221 Å². The number of aryl methyl sites for hydroxylation is 1. The molecule has 0 saturated heterocycles. The molecule has 0 fully saturated rings. The van der Waals surface area contributed by atoms with Gasteiger partial charge in [0.15, 0.2) is 0 Å². The highest BCUT2D eigenvalue weighted by molar-refractivity contribution is 5.98. The first-order valence-corrected chi connectivity index (χ1v) is 20.1. The van der Waals surface area contributed by atoms with Crippen LogP contribution >= 0.6 is 0 Å². The normalized spacial score (nSPS) is 15.8. The van der Waals surface area contributed by atoms with E-state index in [0.717, 1.165) is 29.8 Å². The number of benzene rings is 6. The molecule has 2 aliphatic rings. The van der Waals surface area contributed by atoms with Crippen molar-refractivity contribution in [2.75, 3.05) is 18.9 Å². The molecule has 0 amide bonds. The highest BCUT2D eigenvalue weighted by atomic mass is 15.0. The van der Waals surface area contributed by atoms with Gasteiger partial charge in [0.1, 0.15) is 0 Å². The van der Waals surface area contributed by atoms with Gasteiger partial charge in [0.2, 0.25) is 0 Å². The predicted octanol–water partition coefficient (Wildman–Crippen LogP) is 11.2. The van der Waals surface area contributed by atoms with Crippen LogP contribution in [0.15, 0.2) is 193 Å². The minimum absolute atomic E-state index is 0.0372. The monoisotopic (exact) mass is 747 g/mol. The molecular formula is C52H53N5. The summed E-state index contributed by atoms with van der Waals surface area (Å²) in [4.78, 5) is 0. The zero-order chi connectivity index (χ0) is 39.6. The van der Waals surface area contributed by atoms with E-state index in [1.165, 1.54) is 68.3 Å². The zero-order valence-electron chi connectivity index (χ0n) is 33.2. The van der Waals surface area contributed by atoms with E-state index >= 15 is 0 Å². The van der Waals surface area contributed by atoms with Gasteiger partial charge in [0.25, 0.3) is 0 Å². The fourth-order valence-corrected chi connectivity index (χ4v) is 8.28. The fraction of sp³-hybridized carbons (Fsp3) is 0.154. The third-order valence-corrected chi connectivity index (χ3v) is 10.8. The smallest absolute Gasteiger partial charge is 0.0597 e. The minimum Gasteiger partial charge on any atom is -0.384 e. The summed E-state index contributed by atoms with van der Waals surface area (Å²) in [5.74, 6) is -0.0372. The number of allylic oxidation sites excluding steroid dienone is 3. The number of nitrogens with zero attached hydrogens (tertiary/aromatic N) is 1. The lowest BCUT2D eigenvalue weighted by atomic mass is 9.81. The fourth-order valence-electron chi connectivity index (χ4n) is 8.28. The van der Waals surface area contributed by atoms with E-state index in [1.807, 2.05) is 20.0 Å². The Morgan fingerprint density at radius 2 is 1.21 bits per heavy atom. The zero-order valence-corrected chi connectivity index (χ0v) is 33.2. The van der Waals surface area contributed by atoms with Crippen LogP contribution in [-0.4, -0.2) is 24.2 Å². The second-order valence-corrected chi connectivity index (χ2v) is 13.9. The van der Waals surface area contributed by atoms with Gasteiger partial charge < -0.3 is 26.7 Å². The van der Waals surface area contributed by atoms with Crippen molar-refractivity contribution in [2.45, 2.75) is 38.6 Å². The number of para-hydroxylation sites is 3. The van der Waals surface area contributed by atoms with E-state index in [1.54, 1.807) is 0 Å². The maximum atomic E-state index is 7.45. The molecule has 57 heavy (non-hydrogen) atoms. The number of nitrogens with one attached hydrogen (secondary N) is 2. The molecule has 0 bridgehead atoms. The maximum Gasteiger partial charge on any atom is 0.0597 e. The van der Waals surface area contributed by atoms with Gasteiger partial charge in [-0.25, -0.2) is 0 Å². The SMILES string of the molecule is CC.CN.NC(/C1=C/C=C/Nc2ccccc2C2=C(CCc3c2n(-c2ccccc2)c2ccccc32)NC1)C(c1ccccc1)c1ccc(-c2ccccc2)cc1. The topological polar surface area (TPSA) is 81.0 Å². The Bertz CT molecular complexity index is 2480. The van der Waals surface area contributed by atoms with Gasteiger partial charge in [-0.2, -0.15) is 0 Å². The van der Waals surface area contributed by atoms with Crippen molar-refractivity contribution in [3.63, 3.8) is 0 Å². The van der Waals surface area contributed by atoms with Crippen LogP contribution in [0, 0.1) is 0 Å². The first-order valence-electron chi connectivity index (χ1n) is 20.1. The third-order valence-electron chi connectivity index (χ3n) is 10.8. The molecular weight excluding hydrogens is 695 g/mol. The van der Waals surface area contributed by atoms with E-state index in [-0.39, 0.29) is 12.0 Å². The minimum atomic E-state index is -0.278. The summed E-state index contributed by atoms with van der Waals surface area (Å²) in [5, 5.41) is 8.96. The molecule has 5 nitrogen and oxygen atoms in total. The van der Waals surface area contributed by atoms with Gasteiger partial charge in [0.05, 0.1) is 11.2 Å². The quantitative estimate of drug-likeness (QED) is 0.137. The van der Waals surface area contributed by atoms with Crippen molar-refractivity contribution < 1.29 is 0 Å². The number of hydrogen-bond donors (Lipinski definition) is 4. The van der Waals surface area contributed by atoms with Crippen molar-refractivity contribution in [2.24, 2.45) is 11.5 Å². The Morgan fingerprint density at radius 1 is 0.614 bits per heavy atom. The van der Waals surface area contributed by atoms with E-state index < -0.39 is 0 Å². The second-order valence-electron chi connectivity index (χ2n) is 13.9. The Hall–Kier alpha value is -6.40. The highest BCUT2D eigenvalue weighted by Gasteiger charge is 2.31. The lowest BCUT2D eigenvalue weighted by molar-refractivity contribution is 0.635. The van der Waals surface area contributed by atoms with Crippen molar-refractivity contribution in [3.8, 4) is 16.8 Å². The number of nitrogens with two attached hydrogens (primary N) is 2. The molecule has 0 radical (unpaired) electrons. The van der Waals surface area contributed by atoms with Crippen LogP contribution < -0.4 is 22.1 Å². The molecule has 9 rings (SSSR count). The second kappa shape index (κ2) is 18.5. The molecule has 6 aromatic carbocycles. The van der Waals surface area contributed by atoms with Crippen LogP contribution in [0.2, 0.25) is 0 Å². The standard InChI is InChI=1S/C49H42N4.C2H6.CH5N/c50-48(46(36-17-6-2-7-18-36)37-28-26-35(27-29-37)34-15-4-1-5-16-34)38-19-14-32-51-43-24-12-10-23-42(43)47-44(52-33-38)31-30-41-40-22-11-13-25-45(40)53(49(41)47)39-20-8-3-9-21-39;2*1-2/h1-29,32,46,48,51-52H,30-31,33,50H2;1-2H3;2H2,1H3/b32-14+,38-19+;;. The predicted molar refractivity (Wildman–Crippen MR) is 243 cm³/mol. The molecule has 1 aromatic heterocycles. The summed E-state index contributed by atoms with van der Waals surface area (Å²) < 4.78 is 2.46. The third kappa shape index (κ3) is 7.99. The summed E-state index contributed by atoms with van der Waals surface area (Å²) >= 11 is 0. The molecule has 0 saturated carbocycles. The molecule has 2 unspecified atom stereocenters. The van der Waals surface area contributed by atoms with Crippen LogP contribution in [0.3, 0.4) is 0 Å². The average molecular weight is 748 g/mol. The number of rotatable bonds is 6. The van der Waals surface area contributed by atoms with Gasteiger partial charge in [0, 0.05) is 58.3 Å². The van der Waals surface area contributed by atoms with Gasteiger partial charge >= 0.3 is 0 Å². The number of hydrogen-bond acceptors (Lipinski definition) is 4. The van der Waals surface area contributed by atoms with Crippen LogP contribution in [0.1, 0.15) is 54.1 Å². The Labute approximate surface area is 338 Å². The maximum absolute atomic E-state index is 7.45. The molecule has 7 aromatic rings. The largest absolute Gasteiger partial charge is 0.384 e. The van der Waals surface area contributed by atoms with E-state index in [2.05, 4.69) is 197 Å². The number of aromatic nitrogens is 1. The molecule has 286 valence electrons. The molecule has 5 heteroatoms. The molecule has 2 atom stereocenters. The first-order chi connectivity index (χ1) is 28.2.